The number of alkyl halides is 6. The number of aliphatic hydroxyl groups is 1. The van der Waals surface area contributed by atoms with Crippen LogP contribution in [-0.4, -0.2) is 35.9 Å². The van der Waals surface area contributed by atoms with E-state index in [1.807, 2.05) is 0 Å². The number of benzene rings is 3. The third-order valence-electron chi connectivity index (χ3n) is 6.01. The van der Waals surface area contributed by atoms with Gasteiger partial charge in [0.1, 0.15) is 11.6 Å². The van der Waals surface area contributed by atoms with Crippen LogP contribution in [0.15, 0.2) is 71.8 Å². The van der Waals surface area contributed by atoms with Crippen LogP contribution in [0.2, 0.25) is 5.02 Å². The summed E-state index contributed by atoms with van der Waals surface area (Å²) in [5, 5.41) is 14.3. The third kappa shape index (κ3) is 4.73. The number of nitrogens with zero attached hydrogens (tertiary/aromatic N) is 2. The van der Waals surface area contributed by atoms with Gasteiger partial charge >= 0.3 is 12.4 Å². The second-order valence-corrected chi connectivity index (χ2v) is 8.65. The molecule has 4 nitrogen and oxygen atoms in total. The van der Waals surface area contributed by atoms with Crippen LogP contribution < -0.4 is 9.75 Å². The monoisotopic (exact) mass is 546 g/mol. The van der Waals surface area contributed by atoms with Crippen molar-refractivity contribution in [3.05, 3.63) is 83.1 Å². The first-order valence-corrected chi connectivity index (χ1v) is 11.1. The molecule has 1 N–H and O–H groups in total. The first-order valence-electron chi connectivity index (χ1n) is 10.7. The molecule has 0 radical (unpaired) electrons. The van der Waals surface area contributed by atoms with Gasteiger partial charge in [0.25, 0.3) is 5.60 Å². The van der Waals surface area contributed by atoms with Crippen LogP contribution in [0.3, 0.4) is 0 Å². The number of hydrazone groups is 1. The molecule has 1 aliphatic rings. The molecule has 3 aromatic rings. The molecule has 0 aromatic heterocycles. The number of anilines is 1. The lowest BCUT2D eigenvalue weighted by molar-refractivity contribution is -0.338. The molecule has 3 aromatic carbocycles. The van der Waals surface area contributed by atoms with Gasteiger partial charge in [0.05, 0.1) is 29.6 Å². The van der Waals surface area contributed by atoms with E-state index in [1.54, 1.807) is 24.3 Å². The molecule has 0 spiro atoms. The van der Waals surface area contributed by atoms with Crippen LogP contribution in [0.5, 0.6) is 5.75 Å². The quantitative estimate of drug-likeness (QED) is 0.341. The molecule has 0 amide bonds. The molecule has 196 valence electrons. The van der Waals surface area contributed by atoms with Gasteiger partial charge in [-0.2, -0.15) is 31.4 Å². The summed E-state index contributed by atoms with van der Waals surface area (Å²) in [6.07, 6.45) is -13.2. The molecular formula is C25H18ClF7N2O2. The van der Waals surface area contributed by atoms with E-state index in [2.05, 4.69) is 5.10 Å². The van der Waals surface area contributed by atoms with Gasteiger partial charge in [-0.05, 0) is 41.5 Å². The largest absolute Gasteiger partial charge is 0.497 e. The Labute approximate surface area is 211 Å². The van der Waals surface area contributed by atoms with E-state index in [9.17, 15) is 31.4 Å². The fourth-order valence-electron chi connectivity index (χ4n) is 4.10. The third-order valence-corrected chi connectivity index (χ3v) is 6.33. The molecule has 0 saturated carbocycles. The first-order chi connectivity index (χ1) is 17.3. The lowest BCUT2D eigenvalue weighted by atomic mass is 9.89. The van der Waals surface area contributed by atoms with E-state index in [-0.39, 0.29) is 21.8 Å². The minimum Gasteiger partial charge on any atom is -0.497 e. The Bertz CT molecular complexity index is 1330. The maximum Gasteiger partial charge on any atom is 0.431 e. The van der Waals surface area contributed by atoms with Crippen molar-refractivity contribution in [3.8, 4) is 16.9 Å². The molecule has 0 bridgehead atoms. The summed E-state index contributed by atoms with van der Waals surface area (Å²) in [6.45, 7) is 0. The summed E-state index contributed by atoms with van der Waals surface area (Å²) in [5.74, 6) is -0.321. The van der Waals surface area contributed by atoms with Crippen molar-refractivity contribution >= 4 is 23.0 Å². The lowest BCUT2D eigenvalue weighted by Gasteiger charge is -2.32. The molecule has 37 heavy (non-hydrogen) atoms. The summed E-state index contributed by atoms with van der Waals surface area (Å²) in [5.41, 5.74) is -6.23. The van der Waals surface area contributed by atoms with Gasteiger partial charge < -0.3 is 9.84 Å². The number of hydrogen-bond acceptors (Lipinski definition) is 4. The summed E-state index contributed by atoms with van der Waals surface area (Å²) in [6, 6.07) is 14.5. The SMILES string of the molecule is COc1cccc(-c2ccc(C3CC(C(O)(C(F)(F)F)C(F)(F)F)=NN3c3ccccc3Cl)cc2F)c1. The molecule has 1 aliphatic heterocycles. The zero-order valence-electron chi connectivity index (χ0n) is 18.9. The Morgan fingerprint density at radius 1 is 0.946 bits per heavy atom. The maximum atomic E-state index is 15.2. The molecule has 0 aliphatic carbocycles. The van der Waals surface area contributed by atoms with E-state index in [1.165, 1.54) is 43.5 Å². The van der Waals surface area contributed by atoms with E-state index in [0.717, 1.165) is 11.1 Å². The van der Waals surface area contributed by atoms with E-state index < -0.39 is 41.9 Å². The zero-order valence-corrected chi connectivity index (χ0v) is 19.7. The molecule has 1 unspecified atom stereocenters. The van der Waals surface area contributed by atoms with Gasteiger partial charge in [0.2, 0.25) is 0 Å². The van der Waals surface area contributed by atoms with Crippen molar-refractivity contribution < 1.29 is 40.6 Å². The fourth-order valence-corrected chi connectivity index (χ4v) is 4.32. The normalized spacial score (nSPS) is 16.6. The number of halogens is 8. The highest BCUT2D eigenvalue weighted by Crippen LogP contribution is 2.49. The summed E-state index contributed by atoms with van der Waals surface area (Å²) in [7, 11) is 1.43. The minimum absolute atomic E-state index is 0.0199. The highest BCUT2D eigenvalue weighted by atomic mass is 35.5. The minimum atomic E-state index is -6.12. The topological polar surface area (TPSA) is 45.1 Å². The van der Waals surface area contributed by atoms with Crippen molar-refractivity contribution in [1.29, 1.82) is 0 Å². The first kappa shape index (κ1) is 26.7. The highest BCUT2D eigenvalue weighted by Gasteiger charge is 2.74. The second kappa shape index (κ2) is 9.53. The zero-order chi connectivity index (χ0) is 27.2. The van der Waals surface area contributed by atoms with Gasteiger partial charge in [-0.15, -0.1) is 0 Å². The standard InChI is InChI=1S/C25H18ClF7N2O2/c1-37-16-6-4-5-14(11-16)17-10-9-15(12-19(17)27)21-13-22(23(36,24(28,29)30)25(31,32)33)34-35(21)20-8-3-2-7-18(20)26/h2-12,21,36H,13H2,1H3. The maximum absolute atomic E-state index is 15.2. The summed E-state index contributed by atoms with van der Waals surface area (Å²) < 4.78 is 102. The van der Waals surface area contributed by atoms with Gasteiger partial charge in [0, 0.05) is 12.0 Å². The Hall–Kier alpha value is -3.31. The average Bonchev–Trinajstić information content (AvgIpc) is 3.27. The number of para-hydroxylation sites is 1. The number of methoxy groups -OCH3 is 1. The van der Waals surface area contributed by atoms with Crippen LogP contribution in [0, 0.1) is 5.82 Å². The summed E-state index contributed by atoms with van der Waals surface area (Å²) in [4.78, 5) is 0. The lowest BCUT2D eigenvalue weighted by Crippen LogP contribution is -2.62. The van der Waals surface area contributed by atoms with Crippen LogP contribution in [0.4, 0.5) is 36.4 Å². The van der Waals surface area contributed by atoms with Gasteiger partial charge in [-0.1, -0.05) is 48.0 Å². The Kier molecular flexibility index (Phi) is 6.89. The Morgan fingerprint density at radius 2 is 1.62 bits per heavy atom. The molecule has 1 heterocycles. The fraction of sp³-hybridized carbons (Fsp3) is 0.240. The predicted octanol–water partition coefficient (Wildman–Crippen LogP) is 7.32. The van der Waals surface area contributed by atoms with Crippen molar-refractivity contribution in [2.45, 2.75) is 30.4 Å². The Morgan fingerprint density at radius 3 is 2.22 bits per heavy atom. The van der Waals surface area contributed by atoms with Gasteiger partial charge in [-0.3, -0.25) is 5.01 Å². The van der Waals surface area contributed by atoms with Crippen LogP contribution >= 0.6 is 11.6 Å². The van der Waals surface area contributed by atoms with Crippen LogP contribution in [0.25, 0.3) is 11.1 Å². The van der Waals surface area contributed by atoms with Crippen molar-refractivity contribution in [1.82, 2.24) is 0 Å². The van der Waals surface area contributed by atoms with Gasteiger partial charge in [0.15, 0.2) is 0 Å². The second-order valence-electron chi connectivity index (χ2n) is 8.24. The number of hydrogen-bond donors (Lipinski definition) is 1. The number of rotatable bonds is 5. The Balaban J connectivity index is 1.82. The molecule has 0 fully saturated rings. The molecule has 1 atom stereocenters. The van der Waals surface area contributed by atoms with Crippen molar-refractivity contribution in [2.24, 2.45) is 5.10 Å². The molecule has 12 heteroatoms. The van der Waals surface area contributed by atoms with E-state index >= 15 is 4.39 Å². The molecule has 0 saturated heterocycles. The number of ether oxygens (including phenoxy) is 1. The summed E-state index contributed by atoms with van der Waals surface area (Å²) >= 11 is 6.16. The molecule has 4 rings (SSSR count). The van der Waals surface area contributed by atoms with Crippen molar-refractivity contribution in [3.63, 3.8) is 0 Å². The smallest absolute Gasteiger partial charge is 0.431 e. The van der Waals surface area contributed by atoms with Crippen LogP contribution in [-0.2, 0) is 0 Å². The van der Waals surface area contributed by atoms with E-state index in [4.69, 9.17) is 16.3 Å². The van der Waals surface area contributed by atoms with E-state index in [0.29, 0.717) is 11.3 Å². The van der Waals surface area contributed by atoms with Crippen molar-refractivity contribution in [2.75, 3.05) is 12.1 Å². The average molecular weight is 547 g/mol. The molecular weight excluding hydrogens is 529 g/mol. The van der Waals surface area contributed by atoms with Crippen LogP contribution in [0.1, 0.15) is 18.0 Å². The van der Waals surface area contributed by atoms with Gasteiger partial charge in [-0.25, -0.2) is 4.39 Å². The predicted molar refractivity (Wildman–Crippen MR) is 124 cm³/mol. The highest BCUT2D eigenvalue weighted by molar-refractivity contribution is 6.33.